The maximum atomic E-state index is 12.7. The number of nitrogens with one attached hydrogen (secondary N) is 1. The van der Waals surface area contributed by atoms with Crippen molar-refractivity contribution in [2.24, 2.45) is 7.05 Å². The molecule has 0 spiro atoms. The zero-order valence-corrected chi connectivity index (χ0v) is 15.8. The Bertz CT molecular complexity index is 566. The molecule has 0 radical (unpaired) electrons. The van der Waals surface area contributed by atoms with Gasteiger partial charge in [0.15, 0.2) is 0 Å². The molecule has 0 aliphatic carbocycles. The Morgan fingerprint density at radius 3 is 2.72 bits per heavy atom. The number of rotatable bonds is 5. The summed E-state index contributed by atoms with van der Waals surface area (Å²) in [7, 11) is 4.10. The van der Waals surface area contributed by atoms with Gasteiger partial charge in [-0.2, -0.15) is 5.10 Å². The minimum Gasteiger partial charge on any atom is -0.335 e. The standard InChI is InChI=1S/C18H32N6O/c1-15(6-8-23-11-9-21(2)10-12-23)20-18(25)24-7-4-5-17(24)16-13-19-22(3)14-16/h13-15,17H,4-12H2,1-3H3,(H,20,25). The summed E-state index contributed by atoms with van der Waals surface area (Å²) in [6.07, 6.45) is 6.98. The minimum atomic E-state index is 0.0669. The topological polar surface area (TPSA) is 56.6 Å². The maximum Gasteiger partial charge on any atom is 0.318 e. The molecule has 2 atom stereocenters. The van der Waals surface area contributed by atoms with Crippen LogP contribution in [0.25, 0.3) is 0 Å². The number of likely N-dealkylation sites (N-methyl/N-ethyl adjacent to an activating group) is 1. The van der Waals surface area contributed by atoms with Crippen molar-refractivity contribution in [3.05, 3.63) is 18.0 Å². The first kappa shape index (κ1) is 18.2. The van der Waals surface area contributed by atoms with E-state index in [4.69, 9.17) is 0 Å². The number of carbonyl (C=O) groups is 1. The van der Waals surface area contributed by atoms with E-state index in [1.165, 1.54) is 0 Å². The highest BCUT2D eigenvalue weighted by Crippen LogP contribution is 2.31. The largest absolute Gasteiger partial charge is 0.335 e. The number of amides is 2. The molecule has 2 amide bonds. The first-order chi connectivity index (χ1) is 12.0. The Labute approximate surface area is 150 Å². The average Bonchev–Trinajstić information content (AvgIpc) is 3.23. The van der Waals surface area contributed by atoms with E-state index in [9.17, 15) is 4.79 Å². The number of aryl methyl sites for hydroxylation is 1. The second kappa shape index (κ2) is 8.19. The number of nitrogens with zero attached hydrogens (tertiary/aromatic N) is 5. The monoisotopic (exact) mass is 348 g/mol. The molecule has 0 aromatic carbocycles. The van der Waals surface area contributed by atoms with Crippen LogP contribution >= 0.6 is 0 Å². The molecule has 7 heteroatoms. The maximum absolute atomic E-state index is 12.7. The highest BCUT2D eigenvalue weighted by molar-refractivity contribution is 5.75. The lowest BCUT2D eigenvalue weighted by atomic mass is 10.1. The Kier molecular flexibility index (Phi) is 5.96. The second-order valence-corrected chi connectivity index (χ2v) is 7.58. The van der Waals surface area contributed by atoms with E-state index >= 15 is 0 Å². The quantitative estimate of drug-likeness (QED) is 0.871. The Balaban J connectivity index is 1.46. The number of piperazine rings is 1. The fourth-order valence-corrected chi connectivity index (χ4v) is 3.78. The molecule has 2 unspecified atom stereocenters. The van der Waals surface area contributed by atoms with Crippen molar-refractivity contribution in [1.29, 1.82) is 0 Å². The van der Waals surface area contributed by atoms with Gasteiger partial charge in [-0.1, -0.05) is 0 Å². The van der Waals surface area contributed by atoms with Crippen LogP contribution in [0.15, 0.2) is 12.4 Å². The summed E-state index contributed by atoms with van der Waals surface area (Å²) in [5.74, 6) is 0. The SMILES string of the molecule is CC(CCN1CCN(C)CC1)NC(=O)N1CCCC1c1cnn(C)c1. The molecule has 140 valence electrons. The summed E-state index contributed by atoms with van der Waals surface area (Å²) in [6, 6.07) is 0.429. The molecule has 3 rings (SSSR count). The molecule has 2 aliphatic rings. The van der Waals surface area contributed by atoms with Crippen LogP contribution in [0.1, 0.15) is 37.8 Å². The van der Waals surface area contributed by atoms with Crippen LogP contribution in [-0.2, 0) is 7.05 Å². The zero-order chi connectivity index (χ0) is 17.8. The van der Waals surface area contributed by atoms with Gasteiger partial charge in [0.05, 0.1) is 12.2 Å². The molecule has 7 nitrogen and oxygen atoms in total. The predicted octanol–water partition coefficient (Wildman–Crippen LogP) is 1.29. The normalized spacial score (nSPS) is 23.8. The first-order valence-electron chi connectivity index (χ1n) is 9.49. The molecule has 1 N–H and O–H groups in total. The van der Waals surface area contributed by atoms with Crippen molar-refractivity contribution < 1.29 is 4.79 Å². The first-order valence-corrected chi connectivity index (χ1v) is 9.49. The third-order valence-electron chi connectivity index (χ3n) is 5.47. The van der Waals surface area contributed by atoms with Gasteiger partial charge in [0.1, 0.15) is 0 Å². The number of carbonyl (C=O) groups excluding carboxylic acids is 1. The summed E-state index contributed by atoms with van der Waals surface area (Å²) in [5.41, 5.74) is 1.14. The number of likely N-dealkylation sites (tertiary alicyclic amines) is 1. The smallest absolute Gasteiger partial charge is 0.318 e. The van der Waals surface area contributed by atoms with Gasteiger partial charge in [0.25, 0.3) is 0 Å². The van der Waals surface area contributed by atoms with E-state index in [0.717, 1.165) is 64.1 Å². The van der Waals surface area contributed by atoms with Gasteiger partial charge in [0.2, 0.25) is 0 Å². The Hall–Kier alpha value is -1.60. The second-order valence-electron chi connectivity index (χ2n) is 7.58. The molecular formula is C18H32N6O. The summed E-state index contributed by atoms with van der Waals surface area (Å²) in [5, 5.41) is 7.45. The molecule has 2 aliphatic heterocycles. The van der Waals surface area contributed by atoms with Gasteiger partial charge in [0, 0.05) is 64.1 Å². The van der Waals surface area contributed by atoms with Gasteiger partial charge >= 0.3 is 6.03 Å². The number of aromatic nitrogens is 2. The van der Waals surface area contributed by atoms with Gasteiger partial charge < -0.3 is 20.0 Å². The third kappa shape index (κ3) is 4.73. The molecule has 2 fully saturated rings. The van der Waals surface area contributed by atoms with E-state index in [2.05, 4.69) is 34.2 Å². The van der Waals surface area contributed by atoms with E-state index < -0.39 is 0 Å². The predicted molar refractivity (Wildman–Crippen MR) is 98.4 cm³/mol. The molecule has 1 aromatic rings. The zero-order valence-electron chi connectivity index (χ0n) is 15.8. The van der Waals surface area contributed by atoms with Crippen molar-refractivity contribution in [1.82, 2.24) is 29.8 Å². The average molecular weight is 348 g/mol. The van der Waals surface area contributed by atoms with E-state index in [-0.39, 0.29) is 18.1 Å². The number of hydrogen-bond acceptors (Lipinski definition) is 4. The summed E-state index contributed by atoms with van der Waals surface area (Å²) in [6.45, 7) is 8.54. The number of urea groups is 1. The lowest BCUT2D eigenvalue weighted by molar-refractivity contribution is 0.148. The van der Waals surface area contributed by atoms with Crippen LogP contribution in [0.4, 0.5) is 4.79 Å². The van der Waals surface area contributed by atoms with Crippen molar-refractivity contribution in [2.75, 3.05) is 46.3 Å². The van der Waals surface area contributed by atoms with Crippen LogP contribution in [0.3, 0.4) is 0 Å². The Morgan fingerprint density at radius 2 is 2.04 bits per heavy atom. The highest BCUT2D eigenvalue weighted by atomic mass is 16.2. The molecule has 25 heavy (non-hydrogen) atoms. The van der Waals surface area contributed by atoms with Crippen LogP contribution < -0.4 is 5.32 Å². The van der Waals surface area contributed by atoms with Crippen molar-refractivity contribution in [2.45, 2.75) is 38.3 Å². The van der Waals surface area contributed by atoms with Gasteiger partial charge in [-0.3, -0.25) is 4.68 Å². The summed E-state index contributed by atoms with van der Waals surface area (Å²) < 4.78 is 1.81. The van der Waals surface area contributed by atoms with Crippen molar-refractivity contribution in [3.8, 4) is 0 Å². The van der Waals surface area contributed by atoms with E-state index in [1.807, 2.05) is 29.0 Å². The van der Waals surface area contributed by atoms with Crippen LogP contribution in [0, 0.1) is 0 Å². The van der Waals surface area contributed by atoms with E-state index in [1.54, 1.807) is 0 Å². The van der Waals surface area contributed by atoms with Gasteiger partial charge in [-0.15, -0.1) is 0 Å². The molecule has 2 saturated heterocycles. The van der Waals surface area contributed by atoms with Crippen LogP contribution in [0.5, 0.6) is 0 Å². The van der Waals surface area contributed by atoms with E-state index in [0.29, 0.717) is 0 Å². The fourth-order valence-electron chi connectivity index (χ4n) is 3.78. The van der Waals surface area contributed by atoms with Gasteiger partial charge in [-0.25, -0.2) is 4.79 Å². The Morgan fingerprint density at radius 1 is 1.28 bits per heavy atom. The number of hydrogen-bond donors (Lipinski definition) is 1. The van der Waals surface area contributed by atoms with Crippen LogP contribution in [0.2, 0.25) is 0 Å². The third-order valence-corrected chi connectivity index (χ3v) is 5.47. The molecule has 1 aromatic heterocycles. The highest BCUT2D eigenvalue weighted by Gasteiger charge is 2.31. The molecule has 0 bridgehead atoms. The van der Waals surface area contributed by atoms with Gasteiger partial charge in [-0.05, 0) is 33.2 Å². The molecule has 3 heterocycles. The fraction of sp³-hybridized carbons (Fsp3) is 0.778. The van der Waals surface area contributed by atoms with Crippen LogP contribution in [-0.4, -0.2) is 82.9 Å². The minimum absolute atomic E-state index is 0.0669. The lowest BCUT2D eigenvalue weighted by Gasteiger charge is -2.33. The molecular weight excluding hydrogens is 316 g/mol. The summed E-state index contributed by atoms with van der Waals surface area (Å²) in [4.78, 5) is 19.5. The molecule has 0 saturated carbocycles. The van der Waals surface area contributed by atoms with Crippen molar-refractivity contribution in [3.63, 3.8) is 0 Å². The lowest BCUT2D eigenvalue weighted by Crippen LogP contribution is -2.47. The summed E-state index contributed by atoms with van der Waals surface area (Å²) >= 11 is 0. The van der Waals surface area contributed by atoms with Crippen molar-refractivity contribution >= 4 is 6.03 Å².